The van der Waals surface area contributed by atoms with E-state index in [1.807, 2.05) is 30.0 Å². The van der Waals surface area contributed by atoms with Crippen molar-refractivity contribution >= 4 is 17.5 Å². The van der Waals surface area contributed by atoms with Crippen molar-refractivity contribution in [3.8, 4) is 0 Å². The van der Waals surface area contributed by atoms with Crippen molar-refractivity contribution in [3.63, 3.8) is 0 Å². The number of fused-ring (bicyclic) bond motifs is 1. The van der Waals surface area contributed by atoms with Gasteiger partial charge in [-0.25, -0.2) is 4.39 Å². The van der Waals surface area contributed by atoms with Crippen LogP contribution in [0.25, 0.3) is 0 Å². The van der Waals surface area contributed by atoms with Crippen LogP contribution < -0.4 is 4.90 Å². The number of carbonyl (C=O) groups excluding carboxylic acids is 2. The Morgan fingerprint density at radius 3 is 2.40 bits per heavy atom. The Morgan fingerprint density at radius 2 is 1.74 bits per heavy atom. The molecule has 1 aliphatic carbocycles. The van der Waals surface area contributed by atoms with Crippen LogP contribution in [0.3, 0.4) is 0 Å². The molecule has 0 radical (unpaired) electrons. The molecule has 1 saturated carbocycles. The molecule has 5 rings (SSSR count). The molecule has 9 heteroatoms. The molecular formula is C26H27F4N3O2. The number of alkyl halides is 3. The van der Waals surface area contributed by atoms with Gasteiger partial charge in [-0.15, -0.1) is 0 Å². The van der Waals surface area contributed by atoms with Crippen molar-refractivity contribution in [2.75, 3.05) is 37.6 Å². The summed E-state index contributed by atoms with van der Waals surface area (Å²) in [6, 6.07) is 7.73. The minimum Gasteiger partial charge on any atom is -0.368 e. The second kappa shape index (κ2) is 8.84. The molecule has 2 aromatic rings. The van der Waals surface area contributed by atoms with Gasteiger partial charge in [-0.1, -0.05) is 12.8 Å². The third-order valence-electron chi connectivity index (χ3n) is 7.37. The maximum Gasteiger partial charge on any atom is 0.417 e. The summed E-state index contributed by atoms with van der Waals surface area (Å²) in [6.45, 7) is 4.07. The first kappa shape index (κ1) is 23.6. The van der Waals surface area contributed by atoms with Gasteiger partial charge in [0.2, 0.25) is 0 Å². The SMILES string of the molecule is CC1c2cc(N3CCN(C(=O)c4cc(F)ccc4C(F)(F)F)CC3)ccc2C(=O)N1CCC1CC1. The van der Waals surface area contributed by atoms with Crippen molar-refractivity contribution in [2.24, 2.45) is 5.92 Å². The number of carbonyl (C=O) groups is 2. The number of hydrogen-bond donors (Lipinski definition) is 0. The van der Waals surface area contributed by atoms with E-state index in [2.05, 4.69) is 4.90 Å². The van der Waals surface area contributed by atoms with Crippen molar-refractivity contribution in [3.05, 3.63) is 64.5 Å². The van der Waals surface area contributed by atoms with Gasteiger partial charge in [0.05, 0.1) is 17.2 Å². The zero-order valence-corrected chi connectivity index (χ0v) is 19.4. The molecule has 2 aromatic carbocycles. The third-order valence-corrected chi connectivity index (χ3v) is 7.37. The predicted molar refractivity (Wildman–Crippen MR) is 123 cm³/mol. The zero-order chi connectivity index (χ0) is 24.9. The molecular weight excluding hydrogens is 462 g/mol. The number of benzene rings is 2. The highest BCUT2D eigenvalue weighted by atomic mass is 19.4. The highest BCUT2D eigenvalue weighted by molar-refractivity contribution is 5.99. The molecule has 2 aliphatic heterocycles. The minimum absolute atomic E-state index is 0.00664. The lowest BCUT2D eigenvalue weighted by Crippen LogP contribution is -2.49. The van der Waals surface area contributed by atoms with Crippen molar-refractivity contribution < 1.29 is 27.2 Å². The average Bonchev–Trinajstić information content (AvgIpc) is 3.63. The summed E-state index contributed by atoms with van der Waals surface area (Å²) in [5.74, 6) is -0.900. The van der Waals surface area contributed by atoms with Gasteiger partial charge < -0.3 is 14.7 Å². The first-order valence-corrected chi connectivity index (χ1v) is 12.0. The lowest BCUT2D eigenvalue weighted by atomic mass is 10.0. The fraction of sp³-hybridized carbons (Fsp3) is 0.462. The number of rotatable bonds is 5. The third kappa shape index (κ3) is 4.60. The van der Waals surface area contributed by atoms with E-state index >= 15 is 0 Å². The molecule has 0 aromatic heterocycles. The van der Waals surface area contributed by atoms with Crippen LogP contribution >= 0.6 is 0 Å². The molecule has 1 atom stereocenters. The van der Waals surface area contributed by atoms with Gasteiger partial charge >= 0.3 is 6.18 Å². The standard InChI is InChI=1S/C26H27F4N3O2/c1-16-21-15-19(5-6-20(21)25(35)33(16)9-8-17-2-3-17)31-10-12-32(13-11-31)24(34)22-14-18(27)4-7-23(22)26(28,29)30/h4-7,14-17H,2-3,8-13H2,1H3. The van der Waals surface area contributed by atoms with Crippen LogP contribution in [0.2, 0.25) is 0 Å². The van der Waals surface area contributed by atoms with E-state index in [1.54, 1.807) is 0 Å². The summed E-state index contributed by atoms with van der Waals surface area (Å²) < 4.78 is 53.7. The van der Waals surface area contributed by atoms with Crippen molar-refractivity contribution in [1.82, 2.24) is 9.80 Å². The summed E-state index contributed by atoms with van der Waals surface area (Å²) >= 11 is 0. The molecule has 1 unspecified atom stereocenters. The number of anilines is 1. The second-order valence-corrected chi connectivity index (χ2v) is 9.65. The first-order valence-electron chi connectivity index (χ1n) is 12.0. The molecule has 5 nitrogen and oxygen atoms in total. The quantitative estimate of drug-likeness (QED) is 0.548. The first-order chi connectivity index (χ1) is 16.6. The van der Waals surface area contributed by atoms with Gasteiger partial charge in [0, 0.05) is 44.0 Å². The van der Waals surface area contributed by atoms with Gasteiger partial charge in [-0.05, 0) is 61.2 Å². The van der Waals surface area contributed by atoms with Crippen LogP contribution in [0.15, 0.2) is 36.4 Å². The lowest BCUT2D eigenvalue weighted by Gasteiger charge is -2.36. The number of halogens is 4. The van der Waals surface area contributed by atoms with Crippen LogP contribution in [0, 0.1) is 11.7 Å². The summed E-state index contributed by atoms with van der Waals surface area (Å²) in [7, 11) is 0. The van der Waals surface area contributed by atoms with Crippen LogP contribution in [-0.4, -0.2) is 54.3 Å². The Morgan fingerprint density at radius 1 is 1.03 bits per heavy atom. The fourth-order valence-corrected chi connectivity index (χ4v) is 5.09. The maximum atomic E-state index is 13.7. The Labute approximate surface area is 201 Å². The number of nitrogens with zero attached hydrogens (tertiary/aromatic N) is 3. The van der Waals surface area contributed by atoms with Gasteiger partial charge in [0.15, 0.2) is 0 Å². The van der Waals surface area contributed by atoms with Crippen LogP contribution in [-0.2, 0) is 6.18 Å². The average molecular weight is 490 g/mol. The van der Waals surface area contributed by atoms with E-state index in [-0.39, 0.29) is 25.0 Å². The second-order valence-electron chi connectivity index (χ2n) is 9.65. The van der Waals surface area contributed by atoms with Crippen LogP contribution in [0.5, 0.6) is 0 Å². The monoisotopic (exact) mass is 489 g/mol. The molecule has 0 N–H and O–H groups in total. The number of piperazine rings is 1. The molecule has 2 fully saturated rings. The number of hydrogen-bond acceptors (Lipinski definition) is 3. The lowest BCUT2D eigenvalue weighted by molar-refractivity contribution is -0.138. The van der Waals surface area contributed by atoms with Gasteiger partial charge in [-0.3, -0.25) is 9.59 Å². The number of amides is 2. The molecule has 186 valence electrons. The van der Waals surface area contributed by atoms with Crippen molar-refractivity contribution in [1.29, 1.82) is 0 Å². The normalized spacial score (nSPS) is 20.4. The predicted octanol–water partition coefficient (Wildman–Crippen LogP) is 5.12. The molecule has 0 spiro atoms. The molecule has 3 aliphatic rings. The van der Waals surface area contributed by atoms with Gasteiger partial charge in [0.25, 0.3) is 11.8 Å². The van der Waals surface area contributed by atoms with Gasteiger partial charge in [-0.2, -0.15) is 13.2 Å². The molecule has 35 heavy (non-hydrogen) atoms. The summed E-state index contributed by atoms with van der Waals surface area (Å²) in [5, 5.41) is 0. The fourth-order valence-electron chi connectivity index (χ4n) is 5.09. The minimum atomic E-state index is -4.74. The zero-order valence-electron chi connectivity index (χ0n) is 19.4. The molecule has 0 bridgehead atoms. The highest BCUT2D eigenvalue weighted by Gasteiger charge is 2.38. The van der Waals surface area contributed by atoms with E-state index in [0.717, 1.165) is 35.7 Å². The van der Waals surface area contributed by atoms with E-state index < -0.39 is 29.0 Å². The Hall–Kier alpha value is -3.10. The summed E-state index contributed by atoms with van der Waals surface area (Å²) in [5.41, 5.74) is 0.825. The maximum absolute atomic E-state index is 13.7. The smallest absolute Gasteiger partial charge is 0.368 e. The molecule has 1 saturated heterocycles. The highest BCUT2D eigenvalue weighted by Crippen LogP contribution is 2.39. The van der Waals surface area contributed by atoms with E-state index in [0.29, 0.717) is 31.3 Å². The summed E-state index contributed by atoms with van der Waals surface area (Å²) in [6.07, 6.45) is -1.21. The van der Waals surface area contributed by atoms with Crippen LogP contribution in [0.1, 0.15) is 64.1 Å². The van der Waals surface area contributed by atoms with Crippen LogP contribution in [0.4, 0.5) is 23.2 Å². The summed E-state index contributed by atoms with van der Waals surface area (Å²) in [4.78, 5) is 31.0. The Bertz CT molecular complexity index is 1150. The van der Waals surface area contributed by atoms with E-state index in [1.165, 1.54) is 17.7 Å². The molecule has 2 heterocycles. The largest absolute Gasteiger partial charge is 0.417 e. The Kier molecular flexibility index (Phi) is 5.97. The topological polar surface area (TPSA) is 43.9 Å². The van der Waals surface area contributed by atoms with Gasteiger partial charge in [0.1, 0.15) is 5.82 Å². The Balaban J connectivity index is 1.27. The molecule has 2 amide bonds. The van der Waals surface area contributed by atoms with E-state index in [4.69, 9.17) is 0 Å². The van der Waals surface area contributed by atoms with E-state index in [9.17, 15) is 27.2 Å². The van der Waals surface area contributed by atoms with Crippen molar-refractivity contribution in [2.45, 2.75) is 38.4 Å².